The Morgan fingerprint density at radius 3 is 2.53 bits per heavy atom. The first kappa shape index (κ1) is 13.4. The van der Waals surface area contributed by atoms with E-state index in [-0.39, 0.29) is 27.4 Å². The summed E-state index contributed by atoms with van der Waals surface area (Å²) in [6.45, 7) is 6.97. The van der Waals surface area contributed by atoms with Gasteiger partial charge in [-0.15, -0.1) is 10.2 Å². The highest BCUT2D eigenvalue weighted by atomic mass is 35.5. The number of rotatable bonds is 2. The molecule has 6 heteroatoms. The molecule has 2 aliphatic rings. The fraction of sp³-hybridized carbons (Fsp3) is 0.769. The van der Waals surface area contributed by atoms with Crippen LogP contribution in [0.4, 0.5) is 0 Å². The Hall–Kier alpha value is -0.610. The lowest BCUT2D eigenvalue weighted by Crippen LogP contribution is -2.39. The highest BCUT2D eigenvalue weighted by Crippen LogP contribution is 2.66. The molecule has 4 nitrogen and oxygen atoms in total. The maximum absolute atomic E-state index is 6.03. The van der Waals surface area contributed by atoms with Crippen LogP contribution in [0, 0.1) is 16.7 Å². The Bertz CT molecular complexity index is 523. The van der Waals surface area contributed by atoms with Gasteiger partial charge in [-0.25, -0.2) is 0 Å². The molecule has 2 fully saturated rings. The zero-order valence-electron chi connectivity index (χ0n) is 11.3. The van der Waals surface area contributed by atoms with Crippen molar-refractivity contribution in [1.82, 2.24) is 15.2 Å². The highest BCUT2D eigenvalue weighted by molar-refractivity contribution is 6.31. The van der Waals surface area contributed by atoms with E-state index < -0.39 is 0 Å². The zero-order chi connectivity index (χ0) is 13.8. The number of halogens is 2. The van der Waals surface area contributed by atoms with Gasteiger partial charge >= 0.3 is 0 Å². The van der Waals surface area contributed by atoms with E-state index in [4.69, 9.17) is 27.9 Å². The van der Waals surface area contributed by atoms with Crippen molar-refractivity contribution in [3.8, 4) is 5.88 Å². The normalized spacial score (nSPS) is 35.6. The van der Waals surface area contributed by atoms with Gasteiger partial charge in [0, 0.05) is 5.41 Å². The van der Waals surface area contributed by atoms with Gasteiger partial charge in [-0.05, 0) is 42.2 Å². The van der Waals surface area contributed by atoms with Crippen LogP contribution in [0.25, 0.3) is 0 Å². The second-order valence-corrected chi connectivity index (χ2v) is 7.09. The molecule has 2 aliphatic carbocycles. The standard InChI is InChI=1S/C13H17Cl2N3O/c1-12(2)7-4-5-13(12,3)8(6-7)19-10-9(14)17-18-11(15)16-10/h7-8H,4-6H2,1-3H3. The van der Waals surface area contributed by atoms with Crippen molar-refractivity contribution in [3.05, 3.63) is 10.4 Å². The predicted octanol–water partition coefficient (Wildman–Crippen LogP) is 3.77. The monoisotopic (exact) mass is 301 g/mol. The molecule has 2 bridgehead atoms. The van der Waals surface area contributed by atoms with E-state index in [1.165, 1.54) is 12.8 Å². The molecule has 0 radical (unpaired) electrons. The van der Waals surface area contributed by atoms with E-state index in [1.54, 1.807) is 0 Å². The second-order valence-electron chi connectivity index (χ2n) is 6.39. The van der Waals surface area contributed by atoms with Crippen LogP contribution in [-0.4, -0.2) is 21.3 Å². The lowest BCUT2D eigenvalue weighted by atomic mass is 9.70. The molecular weight excluding hydrogens is 285 g/mol. The van der Waals surface area contributed by atoms with Gasteiger partial charge in [0.2, 0.25) is 10.4 Å². The summed E-state index contributed by atoms with van der Waals surface area (Å²) in [7, 11) is 0. The van der Waals surface area contributed by atoms with Crippen molar-refractivity contribution in [1.29, 1.82) is 0 Å². The van der Waals surface area contributed by atoms with Crippen LogP contribution in [0.5, 0.6) is 5.88 Å². The van der Waals surface area contributed by atoms with Gasteiger partial charge in [-0.1, -0.05) is 32.4 Å². The molecule has 19 heavy (non-hydrogen) atoms. The summed E-state index contributed by atoms with van der Waals surface area (Å²) in [5, 5.41) is 7.57. The summed E-state index contributed by atoms with van der Waals surface area (Å²) < 4.78 is 6.03. The maximum Gasteiger partial charge on any atom is 0.257 e. The van der Waals surface area contributed by atoms with Crippen molar-refractivity contribution in [2.45, 2.75) is 46.1 Å². The van der Waals surface area contributed by atoms with Crippen LogP contribution in [0.2, 0.25) is 10.4 Å². The Morgan fingerprint density at radius 1 is 1.21 bits per heavy atom. The number of hydrogen-bond donors (Lipinski definition) is 0. The number of hydrogen-bond acceptors (Lipinski definition) is 4. The molecule has 2 saturated carbocycles. The second kappa shape index (κ2) is 4.19. The molecule has 1 aromatic rings. The summed E-state index contributed by atoms with van der Waals surface area (Å²) >= 11 is 11.7. The van der Waals surface area contributed by atoms with E-state index in [1.807, 2.05) is 0 Å². The minimum absolute atomic E-state index is 0.0620. The Kier molecular flexibility index (Phi) is 2.95. The summed E-state index contributed by atoms with van der Waals surface area (Å²) in [4.78, 5) is 4.04. The van der Waals surface area contributed by atoms with E-state index in [2.05, 4.69) is 36.0 Å². The molecule has 0 N–H and O–H groups in total. The molecule has 0 saturated heterocycles. The third-order valence-electron chi connectivity index (χ3n) is 5.56. The van der Waals surface area contributed by atoms with Gasteiger partial charge in [0.15, 0.2) is 0 Å². The number of ether oxygens (including phenoxy) is 1. The minimum Gasteiger partial charge on any atom is -0.471 e. The molecule has 0 amide bonds. The van der Waals surface area contributed by atoms with Gasteiger partial charge in [0.1, 0.15) is 6.10 Å². The van der Waals surface area contributed by atoms with Crippen LogP contribution in [0.15, 0.2) is 0 Å². The lowest BCUT2D eigenvalue weighted by molar-refractivity contribution is 0.0270. The molecule has 0 spiro atoms. The SMILES string of the molecule is CC1(C)C2CCC1(C)C(Oc1nc(Cl)nnc1Cl)C2. The third kappa shape index (κ3) is 1.83. The van der Waals surface area contributed by atoms with Crippen molar-refractivity contribution in [2.24, 2.45) is 16.7 Å². The van der Waals surface area contributed by atoms with Gasteiger partial charge in [-0.2, -0.15) is 4.98 Å². The average molecular weight is 302 g/mol. The first-order valence-electron chi connectivity index (χ1n) is 6.57. The molecule has 1 heterocycles. The van der Waals surface area contributed by atoms with Gasteiger partial charge < -0.3 is 4.74 Å². The topological polar surface area (TPSA) is 47.9 Å². The largest absolute Gasteiger partial charge is 0.471 e. The minimum atomic E-state index is 0.0620. The Balaban J connectivity index is 1.88. The fourth-order valence-corrected chi connectivity index (χ4v) is 4.04. The molecule has 3 atom stereocenters. The van der Waals surface area contributed by atoms with Gasteiger partial charge in [0.25, 0.3) is 5.88 Å². The van der Waals surface area contributed by atoms with Crippen LogP contribution in [0.3, 0.4) is 0 Å². The average Bonchev–Trinajstić information content (AvgIpc) is 2.67. The van der Waals surface area contributed by atoms with Gasteiger partial charge in [0.05, 0.1) is 0 Å². The maximum atomic E-state index is 6.03. The highest BCUT2D eigenvalue weighted by Gasteiger charge is 2.62. The molecule has 1 aromatic heterocycles. The summed E-state index contributed by atoms with van der Waals surface area (Å²) in [6, 6.07) is 0. The fourth-order valence-electron chi connectivity index (χ4n) is 3.80. The van der Waals surface area contributed by atoms with Crippen LogP contribution >= 0.6 is 23.2 Å². The van der Waals surface area contributed by atoms with E-state index in [0.717, 1.165) is 6.42 Å². The first-order valence-corrected chi connectivity index (χ1v) is 7.32. The zero-order valence-corrected chi connectivity index (χ0v) is 12.8. The van der Waals surface area contributed by atoms with Crippen LogP contribution in [-0.2, 0) is 0 Å². The quantitative estimate of drug-likeness (QED) is 0.834. The van der Waals surface area contributed by atoms with Gasteiger partial charge in [-0.3, -0.25) is 0 Å². The van der Waals surface area contributed by atoms with E-state index in [9.17, 15) is 0 Å². The number of nitrogens with zero attached hydrogens (tertiary/aromatic N) is 3. The van der Waals surface area contributed by atoms with Crippen molar-refractivity contribution >= 4 is 23.2 Å². The summed E-state index contributed by atoms with van der Waals surface area (Å²) in [6.07, 6.45) is 3.62. The third-order valence-corrected chi connectivity index (χ3v) is 5.96. The molecule has 3 rings (SSSR count). The Labute approximate surface area is 122 Å². The molecule has 0 aliphatic heterocycles. The Morgan fingerprint density at radius 2 is 1.95 bits per heavy atom. The van der Waals surface area contributed by atoms with Crippen LogP contribution < -0.4 is 4.74 Å². The van der Waals surface area contributed by atoms with E-state index >= 15 is 0 Å². The predicted molar refractivity (Wildman–Crippen MR) is 73.5 cm³/mol. The number of fused-ring (bicyclic) bond motifs is 2. The molecular formula is C13H17Cl2N3O. The molecule has 3 unspecified atom stereocenters. The summed E-state index contributed by atoms with van der Waals surface area (Å²) in [5.74, 6) is 1.00. The molecule has 0 aromatic carbocycles. The lowest BCUT2D eigenvalue weighted by Gasteiger charge is -2.38. The van der Waals surface area contributed by atoms with Crippen molar-refractivity contribution < 1.29 is 4.74 Å². The van der Waals surface area contributed by atoms with Crippen molar-refractivity contribution in [2.75, 3.05) is 0 Å². The number of aromatic nitrogens is 3. The van der Waals surface area contributed by atoms with E-state index in [0.29, 0.717) is 11.8 Å². The summed E-state index contributed by atoms with van der Waals surface area (Å²) in [5.41, 5.74) is 0.437. The first-order chi connectivity index (χ1) is 8.84. The van der Waals surface area contributed by atoms with Crippen LogP contribution in [0.1, 0.15) is 40.0 Å². The smallest absolute Gasteiger partial charge is 0.257 e. The van der Waals surface area contributed by atoms with Crippen molar-refractivity contribution in [3.63, 3.8) is 0 Å². The molecule has 104 valence electrons.